The van der Waals surface area contributed by atoms with Crippen LogP contribution in [-0.4, -0.2) is 49.3 Å². The fraction of sp³-hybridized carbons (Fsp3) is 0.241. The van der Waals surface area contributed by atoms with Crippen LogP contribution < -0.4 is 15.1 Å². The first-order valence-corrected chi connectivity index (χ1v) is 12.2. The van der Waals surface area contributed by atoms with Crippen LogP contribution in [-0.2, 0) is 19.1 Å². The van der Waals surface area contributed by atoms with Crippen molar-refractivity contribution < 1.29 is 28.2 Å². The lowest BCUT2D eigenvalue weighted by atomic mass is 10.0. The predicted molar refractivity (Wildman–Crippen MR) is 145 cm³/mol. The third-order valence-corrected chi connectivity index (χ3v) is 5.99. The fourth-order valence-corrected chi connectivity index (χ4v) is 4.07. The van der Waals surface area contributed by atoms with Crippen LogP contribution in [0.4, 0.5) is 5.69 Å². The molecule has 9 nitrogen and oxygen atoms in total. The largest absolute Gasteiger partial charge is 0.490 e. The molecule has 1 heterocycles. The maximum absolute atomic E-state index is 12.8. The lowest BCUT2D eigenvalue weighted by Gasteiger charge is -2.21. The van der Waals surface area contributed by atoms with Crippen LogP contribution in [0.2, 0.25) is 0 Å². The summed E-state index contributed by atoms with van der Waals surface area (Å²) in [4.78, 5) is 43.0. The summed E-state index contributed by atoms with van der Waals surface area (Å²) in [5.41, 5.74) is 2.55. The van der Waals surface area contributed by atoms with Gasteiger partial charge in [0.15, 0.2) is 22.9 Å². The third-order valence-electron chi connectivity index (χ3n) is 5.99. The van der Waals surface area contributed by atoms with Gasteiger partial charge in [-0.1, -0.05) is 13.2 Å². The lowest BCUT2D eigenvalue weighted by molar-refractivity contribution is -0.154. The summed E-state index contributed by atoms with van der Waals surface area (Å²) in [5.74, 6) is -0.581. The van der Waals surface area contributed by atoms with Crippen LogP contribution >= 0.6 is 0 Å². The zero-order chi connectivity index (χ0) is 27.2. The van der Waals surface area contributed by atoms with Gasteiger partial charge in [0.05, 0.1) is 0 Å². The minimum Gasteiger partial charge on any atom is -0.490 e. The van der Waals surface area contributed by atoms with E-state index in [0.29, 0.717) is 39.1 Å². The molecule has 0 saturated carbocycles. The number of nitrogens with zero attached hydrogens (tertiary/aromatic N) is 2. The van der Waals surface area contributed by atoms with E-state index in [1.54, 1.807) is 18.2 Å². The molecule has 38 heavy (non-hydrogen) atoms. The first kappa shape index (κ1) is 26.4. The fourth-order valence-electron chi connectivity index (χ4n) is 4.07. The number of esters is 2. The van der Waals surface area contributed by atoms with Gasteiger partial charge in [0.1, 0.15) is 30.2 Å². The van der Waals surface area contributed by atoms with E-state index >= 15 is 0 Å². The highest BCUT2D eigenvalue weighted by molar-refractivity contribution is 5.97. The highest BCUT2D eigenvalue weighted by Gasteiger charge is 2.19. The maximum Gasteiger partial charge on any atom is 0.330 e. The number of ether oxygens (including phenoxy) is 3. The summed E-state index contributed by atoms with van der Waals surface area (Å²) in [6, 6.07) is 12.2. The smallest absolute Gasteiger partial charge is 0.330 e. The number of hydrogen-bond acceptors (Lipinski definition) is 9. The number of rotatable bonds is 11. The van der Waals surface area contributed by atoms with Gasteiger partial charge in [-0.2, -0.15) is 0 Å². The SMILES string of the molecule is C=CC(=O)OCC(COc1ccc2c(=O)cc3oc4cc(N(CC)CC)ccc4nc-3c2c1)OC(=O)C=C. The minimum absolute atomic E-state index is 0.112. The molecule has 0 aromatic heterocycles. The van der Waals surface area contributed by atoms with Crippen LogP contribution in [0.1, 0.15) is 13.8 Å². The molecular weight excluding hydrogens is 488 g/mol. The first-order valence-electron chi connectivity index (χ1n) is 12.2. The van der Waals surface area contributed by atoms with E-state index in [9.17, 15) is 14.4 Å². The molecule has 0 fully saturated rings. The minimum atomic E-state index is -0.889. The molecular formula is C29H28N2O7. The number of aromatic nitrogens is 1. The molecule has 0 saturated heterocycles. The Morgan fingerprint density at radius 1 is 1.00 bits per heavy atom. The quantitative estimate of drug-likeness (QED) is 0.123. The molecule has 0 radical (unpaired) electrons. The van der Waals surface area contributed by atoms with Gasteiger partial charge >= 0.3 is 11.9 Å². The van der Waals surface area contributed by atoms with Crippen LogP contribution in [0.15, 0.2) is 77.0 Å². The number of hydrogen-bond donors (Lipinski definition) is 0. The molecule has 2 aromatic carbocycles. The van der Waals surface area contributed by atoms with Gasteiger partial charge in [0.25, 0.3) is 0 Å². The molecule has 2 aliphatic rings. The van der Waals surface area contributed by atoms with Crippen molar-refractivity contribution in [3.63, 3.8) is 0 Å². The summed E-state index contributed by atoms with van der Waals surface area (Å²) < 4.78 is 22.2. The molecule has 2 aromatic rings. The standard InChI is InChI=1S/C29H28N2O7/c1-5-27(33)36-17-20(37-28(34)6-2)16-35-19-10-11-21-22(14-19)29-26(15-24(21)32)38-25-13-18(31(7-3)8-4)9-12-23(25)30-29/h5-6,9-15,20H,1-2,7-8,16-17H2,3-4H3. The van der Waals surface area contributed by atoms with Gasteiger partial charge in [-0.15, -0.1) is 0 Å². The first-order chi connectivity index (χ1) is 18.4. The van der Waals surface area contributed by atoms with E-state index in [2.05, 4.69) is 31.9 Å². The summed E-state index contributed by atoms with van der Waals surface area (Å²) in [6.07, 6.45) is 1.12. The van der Waals surface area contributed by atoms with E-state index in [1.165, 1.54) is 6.07 Å². The van der Waals surface area contributed by atoms with Crippen LogP contribution in [0.5, 0.6) is 5.75 Å². The Balaban J connectivity index is 1.67. The van der Waals surface area contributed by atoms with Gasteiger partial charge in [0, 0.05) is 53.8 Å². The third kappa shape index (κ3) is 5.67. The van der Waals surface area contributed by atoms with Crippen molar-refractivity contribution in [1.82, 2.24) is 4.98 Å². The zero-order valence-corrected chi connectivity index (χ0v) is 21.3. The topological polar surface area (TPSA) is 108 Å². The van der Waals surface area contributed by atoms with Crippen molar-refractivity contribution in [2.24, 2.45) is 0 Å². The van der Waals surface area contributed by atoms with Gasteiger partial charge in [-0.05, 0) is 44.2 Å². The summed E-state index contributed by atoms with van der Waals surface area (Å²) in [5, 5.41) is 1.02. The van der Waals surface area contributed by atoms with Gasteiger partial charge < -0.3 is 23.5 Å². The van der Waals surface area contributed by atoms with E-state index in [0.717, 1.165) is 30.9 Å². The number of carbonyl (C=O) groups is 2. The molecule has 4 rings (SSSR count). The summed E-state index contributed by atoms with van der Waals surface area (Å²) in [7, 11) is 0. The normalized spacial score (nSPS) is 11.7. The van der Waals surface area contributed by atoms with Gasteiger partial charge in [-0.25, -0.2) is 14.6 Å². The van der Waals surface area contributed by atoms with Crippen molar-refractivity contribution in [2.45, 2.75) is 20.0 Å². The number of benzene rings is 3. The van der Waals surface area contributed by atoms with Crippen molar-refractivity contribution in [2.75, 3.05) is 31.2 Å². The molecule has 1 aliphatic heterocycles. The van der Waals surface area contributed by atoms with Gasteiger partial charge in [-0.3, -0.25) is 4.79 Å². The molecule has 196 valence electrons. The van der Waals surface area contributed by atoms with Gasteiger partial charge in [0.2, 0.25) is 0 Å². The molecule has 1 atom stereocenters. The highest BCUT2D eigenvalue weighted by Crippen LogP contribution is 2.33. The summed E-state index contributed by atoms with van der Waals surface area (Å²) >= 11 is 0. The Kier molecular flexibility index (Phi) is 8.06. The molecule has 1 aliphatic carbocycles. The molecule has 0 amide bonds. The van der Waals surface area contributed by atoms with E-state index in [-0.39, 0.29) is 18.6 Å². The molecule has 0 N–H and O–H groups in total. The molecule has 9 heteroatoms. The number of anilines is 1. The van der Waals surface area contributed by atoms with Crippen molar-refractivity contribution in [3.8, 4) is 17.2 Å². The monoisotopic (exact) mass is 516 g/mol. The Labute approximate surface area is 219 Å². The Hall–Kier alpha value is -4.66. The number of carbonyl (C=O) groups excluding carboxylic acids is 2. The van der Waals surface area contributed by atoms with Crippen LogP contribution in [0.3, 0.4) is 0 Å². The number of fused-ring (bicyclic) bond motifs is 4. The van der Waals surface area contributed by atoms with E-state index in [4.69, 9.17) is 23.6 Å². The van der Waals surface area contributed by atoms with Crippen LogP contribution in [0.25, 0.3) is 33.3 Å². The van der Waals surface area contributed by atoms with Crippen molar-refractivity contribution in [3.05, 3.63) is 78.0 Å². The van der Waals surface area contributed by atoms with E-state index in [1.807, 2.05) is 18.2 Å². The Bertz CT molecular complexity index is 1540. The second-order valence-corrected chi connectivity index (χ2v) is 8.38. The Morgan fingerprint density at radius 3 is 2.47 bits per heavy atom. The van der Waals surface area contributed by atoms with Crippen molar-refractivity contribution in [1.29, 1.82) is 0 Å². The summed E-state index contributed by atoms with van der Waals surface area (Å²) in [6.45, 7) is 12.2. The maximum atomic E-state index is 12.8. The molecule has 0 bridgehead atoms. The van der Waals surface area contributed by atoms with Crippen LogP contribution in [0, 0.1) is 0 Å². The van der Waals surface area contributed by atoms with Crippen molar-refractivity contribution >= 4 is 39.5 Å². The lowest BCUT2D eigenvalue weighted by Crippen LogP contribution is -2.30. The zero-order valence-electron chi connectivity index (χ0n) is 21.3. The molecule has 1 unspecified atom stereocenters. The average Bonchev–Trinajstić information content (AvgIpc) is 2.93. The average molecular weight is 517 g/mol. The highest BCUT2D eigenvalue weighted by atomic mass is 16.6. The van der Waals surface area contributed by atoms with E-state index < -0.39 is 18.0 Å². The predicted octanol–water partition coefficient (Wildman–Crippen LogP) is 4.50. The second-order valence-electron chi connectivity index (χ2n) is 8.38. The second kappa shape index (κ2) is 11.6. The Morgan fingerprint density at radius 2 is 1.76 bits per heavy atom. The molecule has 0 spiro atoms.